The van der Waals surface area contributed by atoms with Gasteiger partial charge < -0.3 is 48.6 Å². The Morgan fingerprint density at radius 3 is 0.733 bits per heavy atom. The highest BCUT2D eigenvalue weighted by atomic mass is 31.2. The van der Waals surface area contributed by atoms with Gasteiger partial charge in [-0.25, -0.2) is 18.3 Å². The summed E-state index contributed by atoms with van der Waals surface area (Å²) < 4.78 is 72.7. The number of methoxy groups -OCH3 is 2. The maximum absolute atomic E-state index is 11.4. The first-order valence-corrected chi connectivity index (χ1v) is 13.4. The van der Waals surface area contributed by atoms with Crippen molar-refractivity contribution in [2.45, 2.75) is 36.6 Å². The van der Waals surface area contributed by atoms with Gasteiger partial charge in [-0.05, 0) is 0 Å². The summed E-state index contributed by atoms with van der Waals surface area (Å²) in [7, 11) is -20.4. The van der Waals surface area contributed by atoms with Crippen LogP contribution in [0.15, 0.2) is 0 Å². The molecule has 1 rings (SSSR count). The first-order chi connectivity index (χ1) is 13.3. The van der Waals surface area contributed by atoms with E-state index in [-0.39, 0.29) is 0 Å². The standard InChI is InChI=1S/C8H20O18P4/c1-21-3-4(22-2)6(24-28(12,13)14)8(26-30(18,19)20)7(25-29(15,16)17)5(3)23-27(9,10)11/h3-8H,1-2H3,(H2,9,10,11)(H2,12,13,14)(H2,15,16,17)(H2,18,19,20)/t3-,4+,5-,6-,7+,8+/m1/s1. The van der Waals surface area contributed by atoms with Gasteiger partial charge in [0.1, 0.15) is 36.6 Å². The number of hydrogen-bond acceptors (Lipinski definition) is 10. The second-order valence-corrected chi connectivity index (χ2v) is 10.4. The van der Waals surface area contributed by atoms with Crippen LogP contribution in [0.25, 0.3) is 0 Å². The van der Waals surface area contributed by atoms with Gasteiger partial charge in [-0.3, -0.25) is 18.1 Å². The van der Waals surface area contributed by atoms with E-state index in [0.717, 1.165) is 14.2 Å². The van der Waals surface area contributed by atoms with E-state index in [1.807, 2.05) is 0 Å². The minimum absolute atomic E-state index is 0.889. The van der Waals surface area contributed by atoms with Gasteiger partial charge in [-0.1, -0.05) is 0 Å². The lowest BCUT2D eigenvalue weighted by atomic mass is 9.84. The van der Waals surface area contributed by atoms with E-state index in [0.29, 0.717) is 0 Å². The quantitative estimate of drug-likeness (QED) is 0.141. The number of ether oxygens (including phenoxy) is 2. The fourth-order valence-electron chi connectivity index (χ4n) is 2.77. The van der Waals surface area contributed by atoms with Crippen LogP contribution in [0, 0.1) is 0 Å². The van der Waals surface area contributed by atoms with Crippen molar-refractivity contribution in [3.05, 3.63) is 0 Å². The SMILES string of the molecule is CO[C@@H]1[C@H](OC)[C@@H](OP(=O)(O)O)[C@H](OP(=O)(O)O)[C@@H](OP(=O)(O)O)[C@@H]1OP(=O)(O)O. The molecule has 0 unspecified atom stereocenters. The van der Waals surface area contributed by atoms with Gasteiger partial charge in [0.05, 0.1) is 0 Å². The van der Waals surface area contributed by atoms with E-state index in [4.69, 9.17) is 48.6 Å². The molecule has 22 heteroatoms. The number of phosphoric acid groups is 4. The lowest BCUT2D eigenvalue weighted by molar-refractivity contribution is -0.222. The van der Waals surface area contributed by atoms with Crippen molar-refractivity contribution < 1.29 is 85.0 Å². The van der Waals surface area contributed by atoms with Gasteiger partial charge in [0.15, 0.2) is 0 Å². The largest absolute Gasteiger partial charge is 0.470 e. The van der Waals surface area contributed by atoms with Gasteiger partial charge in [0.25, 0.3) is 0 Å². The average Bonchev–Trinajstić information content (AvgIpc) is 2.47. The summed E-state index contributed by atoms with van der Waals surface area (Å²) in [5, 5.41) is 0. The molecule has 8 N–H and O–H groups in total. The molecule has 1 fully saturated rings. The molecule has 1 aliphatic carbocycles. The molecule has 0 aromatic heterocycles. The van der Waals surface area contributed by atoms with E-state index in [2.05, 4.69) is 18.1 Å². The summed E-state index contributed by atoms with van der Waals surface area (Å²) in [5.41, 5.74) is 0. The van der Waals surface area contributed by atoms with Gasteiger partial charge in [-0.15, -0.1) is 0 Å². The molecule has 180 valence electrons. The Kier molecular flexibility index (Phi) is 9.56. The topological polar surface area (TPSA) is 285 Å². The second kappa shape index (κ2) is 10.1. The molecular formula is C8H20O18P4. The summed E-state index contributed by atoms with van der Waals surface area (Å²) in [6.07, 6.45) is -13.1. The Hall–Kier alpha value is 0.360. The lowest BCUT2D eigenvalue weighted by Gasteiger charge is -2.48. The van der Waals surface area contributed by atoms with Crippen LogP contribution in [0.4, 0.5) is 0 Å². The molecule has 0 radical (unpaired) electrons. The summed E-state index contributed by atoms with van der Waals surface area (Å²) in [6.45, 7) is 0. The van der Waals surface area contributed by atoms with E-state index in [1.165, 1.54) is 0 Å². The molecule has 0 amide bonds. The third kappa shape index (κ3) is 9.08. The Morgan fingerprint density at radius 2 is 0.600 bits per heavy atom. The Morgan fingerprint density at radius 1 is 0.433 bits per heavy atom. The van der Waals surface area contributed by atoms with Gasteiger partial charge in [0, 0.05) is 14.2 Å². The smallest absolute Gasteiger partial charge is 0.376 e. The number of hydrogen-bond donors (Lipinski definition) is 8. The Labute approximate surface area is 168 Å². The highest BCUT2D eigenvalue weighted by Gasteiger charge is 2.60. The zero-order valence-corrected chi connectivity index (χ0v) is 18.5. The van der Waals surface area contributed by atoms with Crippen molar-refractivity contribution in [1.29, 1.82) is 0 Å². The van der Waals surface area contributed by atoms with Crippen LogP contribution in [-0.4, -0.2) is 90.0 Å². The maximum Gasteiger partial charge on any atom is 0.470 e. The summed E-state index contributed by atoms with van der Waals surface area (Å²) >= 11 is 0. The zero-order chi connectivity index (χ0) is 23.7. The van der Waals surface area contributed by atoms with E-state index in [9.17, 15) is 18.3 Å². The Balaban J connectivity index is 3.69. The molecule has 1 saturated carbocycles. The third-order valence-electron chi connectivity index (χ3n) is 3.52. The van der Waals surface area contributed by atoms with Crippen molar-refractivity contribution >= 4 is 31.3 Å². The molecule has 0 aliphatic heterocycles. The highest BCUT2D eigenvalue weighted by molar-refractivity contribution is 7.47. The first kappa shape index (κ1) is 28.4. The van der Waals surface area contributed by atoms with Crippen LogP contribution >= 0.6 is 31.3 Å². The molecule has 0 aromatic rings. The minimum Gasteiger partial charge on any atom is -0.376 e. The second-order valence-electron chi connectivity index (χ2n) is 5.64. The molecule has 1 aliphatic rings. The monoisotopic (exact) mass is 528 g/mol. The Bertz CT molecular complexity index is 696. The molecular weight excluding hydrogens is 508 g/mol. The zero-order valence-electron chi connectivity index (χ0n) is 14.9. The van der Waals surface area contributed by atoms with Crippen molar-refractivity contribution in [3.8, 4) is 0 Å². The molecule has 0 saturated heterocycles. The predicted molar refractivity (Wildman–Crippen MR) is 89.3 cm³/mol. The van der Waals surface area contributed by atoms with Crippen LogP contribution < -0.4 is 0 Å². The van der Waals surface area contributed by atoms with Crippen LogP contribution in [0.5, 0.6) is 0 Å². The third-order valence-corrected chi connectivity index (χ3v) is 5.60. The molecule has 0 spiro atoms. The first-order valence-electron chi connectivity index (χ1n) is 7.29. The van der Waals surface area contributed by atoms with Crippen molar-refractivity contribution in [3.63, 3.8) is 0 Å². The molecule has 0 heterocycles. The van der Waals surface area contributed by atoms with Crippen LogP contribution in [0.3, 0.4) is 0 Å². The van der Waals surface area contributed by atoms with E-state index < -0.39 is 67.9 Å². The van der Waals surface area contributed by atoms with Crippen LogP contribution in [0.2, 0.25) is 0 Å². The van der Waals surface area contributed by atoms with Crippen LogP contribution in [0.1, 0.15) is 0 Å². The summed E-state index contributed by atoms with van der Waals surface area (Å²) in [6, 6.07) is 0. The minimum atomic E-state index is -5.59. The normalized spacial score (nSPS) is 31.7. The number of rotatable bonds is 10. The van der Waals surface area contributed by atoms with E-state index in [1.54, 1.807) is 0 Å². The highest BCUT2D eigenvalue weighted by Crippen LogP contribution is 2.53. The summed E-state index contributed by atoms with van der Waals surface area (Å²) in [4.78, 5) is 73.0. The van der Waals surface area contributed by atoms with Crippen molar-refractivity contribution in [2.24, 2.45) is 0 Å². The maximum atomic E-state index is 11.4. The number of phosphoric ester groups is 4. The molecule has 0 aromatic carbocycles. The van der Waals surface area contributed by atoms with E-state index >= 15 is 0 Å². The molecule has 0 bridgehead atoms. The predicted octanol–water partition coefficient (Wildman–Crippen LogP) is -2.06. The summed E-state index contributed by atoms with van der Waals surface area (Å²) in [5.74, 6) is 0. The van der Waals surface area contributed by atoms with Crippen molar-refractivity contribution in [1.82, 2.24) is 0 Å². The lowest BCUT2D eigenvalue weighted by Crippen LogP contribution is -2.66. The van der Waals surface area contributed by atoms with Gasteiger partial charge in [-0.2, -0.15) is 0 Å². The van der Waals surface area contributed by atoms with Crippen LogP contribution in [-0.2, 0) is 45.8 Å². The molecule has 6 atom stereocenters. The average molecular weight is 528 g/mol. The molecule has 30 heavy (non-hydrogen) atoms. The fraction of sp³-hybridized carbons (Fsp3) is 1.00. The van der Waals surface area contributed by atoms with Gasteiger partial charge >= 0.3 is 31.3 Å². The molecule has 18 nitrogen and oxygen atoms in total. The fourth-order valence-corrected chi connectivity index (χ4v) is 5.00. The van der Waals surface area contributed by atoms with Crippen molar-refractivity contribution in [2.75, 3.05) is 14.2 Å². The van der Waals surface area contributed by atoms with Gasteiger partial charge in [0.2, 0.25) is 0 Å².